The molecule has 2 aromatic carbocycles. The maximum absolute atomic E-state index is 12.8. The Balaban J connectivity index is 1.84. The minimum absolute atomic E-state index is 0.109. The van der Waals surface area contributed by atoms with Crippen molar-refractivity contribution in [3.63, 3.8) is 0 Å². The third kappa shape index (κ3) is 3.09. The van der Waals surface area contributed by atoms with Gasteiger partial charge in [-0.1, -0.05) is 48.3 Å². The molecule has 0 bridgehead atoms. The molecule has 1 N–H and O–H groups in total. The van der Waals surface area contributed by atoms with Gasteiger partial charge in [-0.05, 0) is 67.0 Å². The lowest BCUT2D eigenvalue weighted by atomic mass is 9.56. The SMILES string of the molecule is COc1ccc([C@@H]2CCC3(C)C(=O)N[C@H](C)[C@H]3[C@H]2c2ccc(Cl)cc2)c(Cl)c1. The Morgan fingerprint density at radius 3 is 2.50 bits per heavy atom. The summed E-state index contributed by atoms with van der Waals surface area (Å²) in [4.78, 5) is 12.8. The van der Waals surface area contributed by atoms with Crippen molar-refractivity contribution >= 4 is 29.1 Å². The van der Waals surface area contributed by atoms with Crippen molar-refractivity contribution in [2.45, 2.75) is 44.6 Å². The summed E-state index contributed by atoms with van der Waals surface area (Å²) in [5.74, 6) is 1.52. The summed E-state index contributed by atoms with van der Waals surface area (Å²) in [5.41, 5.74) is 1.97. The first-order valence-electron chi connectivity index (χ1n) is 9.75. The van der Waals surface area contributed by atoms with Gasteiger partial charge in [0.25, 0.3) is 0 Å². The molecule has 2 fully saturated rings. The molecule has 28 heavy (non-hydrogen) atoms. The summed E-state index contributed by atoms with van der Waals surface area (Å²) in [5, 5.41) is 4.63. The first-order chi connectivity index (χ1) is 13.3. The monoisotopic (exact) mass is 417 g/mol. The second-order valence-electron chi connectivity index (χ2n) is 8.32. The molecule has 1 saturated carbocycles. The number of nitrogens with one attached hydrogen (secondary N) is 1. The molecule has 1 aliphatic heterocycles. The lowest BCUT2D eigenvalue weighted by molar-refractivity contribution is -0.129. The van der Waals surface area contributed by atoms with Gasteiger partial charge in [-0.15, -0.1) is 0 Å². The van der Waals surface area contributed by atoms with E-state index in [9.17, 15) is 4.79 Å². The van der Waals surface area contributed by atoms with Crippen molar-refractivity contribution in [2.75, 3.05) is 7.11 Å². The first kappa shape index (κ1) is 19.6. The zero-order valence-electron chi connectivity index (χ0n) is 16.3. The molecule has 3 nitrogen and oxygen atoms in total. The van der Waals surface area contributed by atoms with Gasteiger partial charge in [-0.25, -0.2) is 0 Å². The zero-order chi connectivity index (χ0) is 20.1. The van der Waals surface area contributed by atoms with E-state index < -0.39 is 0 Å². The predicted molar refractivity (Wildman–Crippen MR) is 113 cm³/mol. The minimum Gasteiger partial charge on any atom is -0.497 e. The highest BCUT2D eigenvalue weighted by molar-refractivity contribution is 6.31. The number of methoxy groups -OCH3 is 1. The molecule has 1 amide bonds. The van der Waals surface area contributed by atoms with E-state index in [1.165, 1.54) is 5.56 Å². The molecule has 2 aliphatic rings. The molecular weight excluding hydrogens is 393 g/mol. The largest absolute Gasteiger partial charge is 0.497 e. The molecule has 1 saturated heterocycles. The summed E-state index contributed by atoms with van der Waals surface area (Å²) in [6, 6.07) is 14.1. The van der Waals surface area contributed by atoms with Crippen LogP contribution in [0.3, 0.4) is 0 Å². The van der Waals surface area contributed by atoms with Crippen LogP contribution in [0.25, 0.3) is 0 Å². The summed E-state index contributed by atoms with van der Waals surface area (Å²) < 4.78 is 5.32. The minimum atomic E-state index is -0.362. The van der Waals surface area contributed by atoms with E-state index in [2.05, 4.69) is 37.4 Å². The van der Waals surface area contributed by atoms with Gasteiger partial charge >= 0.3 is 0 Å². The van der Waals surface area contributed by atoms with E-state index in [1.54, 1.807) is 7.11 Å². The van der Waals surface area contributed by atoms with Crippen LogP contribution in [0, 0.1) is 11.3 Å². The molecule has 4 rings (SSSR count). The Hall–Kier alpha value is -1.71. The van der Waals surface area contributed by atoms with E-state index in [1.807, 2.05) is 24.3 Å². The van der Waals surface area contributed by atoms with Crippen molar-refractivity contribution in [2.24, 2.45) is 11.3 Å². The molecule has 0 spiro atoms. The number of halogens is 2. The lowest BCUT2D eigenvalue weighted by Crippen LogP contribution is -2.42. The average molecular weight is 418 g/mol. The van der Waals surface area contributed by atoms with Crippen molar-refractivity contribution < 1.29 is 9.53 Å². The topological polar surface area (TPSA) is 38.3 Å². The Bertz CT molecular complexity index is 898. The second kappa shape index (κ2) is 7.27. The molecule has 5 atom stereocenters. The molecule has 148 valence electrons. The summed E-state index contributed by atoms with van der Waals surface area (Å²) >= 11 is 12.8. The number of ether oxygens (including phenoxy) is 1. The van der Waals surface area contributed by atoms with Crippen LogP contribution in [-0.4, -0.2) is 19.1 Å². The van der Waals surface area contributed by atoms with Gasteiger partial charge in [0.1, 0.15) is 5.75 Å². The van der Waals surface area contributed by atoms with E-state index >= 15 is 0 Å². The van der Waals surface area contributed by atoms with Crippen LogP contribution in [0.2, 0.25) is 10.0 Å². The number of rotatable bonds is 3. The van der Waals surface area contributed by atoms with Gasteiger partial charge in [-0.2, -0.15) is 0 Å². The number of fused-ring (bicyclic) bond motifs is 1. The van der Waals surface area contributed by atoms with Gasteiger partial charge in [0.15, 0.2) is 0 Å². The lowest BCUT2D eigenvalue weighted by Gasteiger charge is -2.46. The molecule has 1 heterocycles. The number of amides is 1. The molecule has 2 aromatic rings. The maximum Gasteiger partial charge on any atom is 0.226 e. The van der Waals surface area contributed by atoms with Crippen molar-refractivity contribution in [3.8, 4) is 5.75 Å². The van der Waals surface area contributed by atoms with Gasteiger partial charge in [-0.3, -0.25) is 4.79 Å². The number of benzene rings is 2. The zero-order valence-corrected chi connectivity index (χ0v) is 17.8. The van der Waals surface area contributed by atoms with Crippen molar-refractivity contribution in [3.05, 3.63) is 63.6 Å². The highest BCUT2D eigenvalue weighted by Crippen LogP contribution is 2.59. The first-order valence-corrected chi connectivity index (χ1v) is 10.5. The van der Waals surface area contributed by atoms with Crippen LogP contribution in [0.1, 0.15) is 49.7 Å². The van der Waals surface area contributed by atoms with Gasteiger partial charge < -0.3 is 10.1 Å². The Morgan fingerprint density at radius 2 is 1.86 bits per heavy atom. The summed E-state index contributed by atoms with van der Waals surface area (Å²) in [7, 11) is 1.64. The van der Waals surface area contributed by atoms with E-state index in [-0.39, 0.29) is 35.1 Å². The molecule has 1 aliphatic carbocycles. The van der Waals surface area contributed by atoms with Gasteiger partial charge in [0.2, 0.25) is 5.91 Å². The number of hydrogen-bond donors (Lipinski definition) is 1. The smallest absolute Gasteiger partial charge is 0.226 e. The van der Waals surface area contributed by atoms with Crippen LogP contribution >= 0.6 is 23.2 Å². The fraction of sp³-hybridized carbons (Fsp3) is 0.435. The van der Waals surface area contributed by atoms with E-state index in [4.69, 9.17) is 27.9 Å². The number of hydrogen-bond acceptors (Lipinski definition) is 2. The number of carbonyl (C=O) groups is 1. The number of carbonyl (C=O) groups excluding carboxylic acids is 1. The summed E-state index contributed by atoms with van der Waals surface area (Å²) in [6.45, 7) is 4.24. The Kier molecular flexibility index (Phi) is 5.09. The highest BCUT2D eigenvalue weighted by atomic mass is 35.5. The normalized spacial score (nSPS) is 32.0. The van der Waals surface area contributed by atoms with Crippen molar-refractivity contribution in [1.82, 2.24) is 5.32 Å². The van der Waals surface area contributed by atoms with Crippen LogP contribution in [0.4, 0.5) is 0 Å². The Labute approximate surface area is 176 Å². The second-order valence-corrected chi connectivity index (χ2v) is 9.16. The molecular formula is C23H25Cl2NO2. The third-order valence-corrected chi connectivity index (χ3v) is 7.39. The quantitative estimate of drug-likeness (QED) is 0.684. The standard InChI is InChI=1S/C23H25Cl2NO2/c1-13-21-20(14-4-6-15(24)7-5-14)18(10-11-23(21,2)22(27)26-13)17-9-8-16(28-3)12-19(17)25/h4-9,12-13,18,20-21H,10-11H2,1-3H3,(H,26,27)/t13-,18+,20+,21+,23?/m1/s1. The van der Waals surface area contributed by atoms with Crippen LogP contribution in [0.15, 0.2) is 42.5 Å². The Morgan fingerprint density at radius 1 is 1.14 bits per heavy atom. The molecule has 0 aromatic heterocycles. The van der Waals surface area contributed by atoms with Crippen LogP contribution in [0.5, 0.6) is 5.75 Å². The fourth-order valence-corrected chi connectivity index (χ4v) is 5.88. The maximum atomic E-state index is 12.8. The molecule has 1 unspecified atom stereocenters. The van der Waals surface area contributed by atoms with Gasteiger partial charge in [0, 0.05) is 22.0 Å². The van der Waals surface area contributed by atoms with Gasteiger partial charge in [0.05, 0.1) is 12.5 Å². The third-order valence-electron chi connectivity index (χ3n) is 6.81. The average Bonchev–Trinajstić information content (AvgIpc) is 2.91. The van der Waals surface area contributed by atoms with Crippen LogP contribution in [-0.2, 0) is 4.79 Å². The van der Waals surface area contributed by atoms with Crippen molar-refractivity contribution in [1.29, 1.82) is 0 Å². The fourth-order valence-electron chi connectivity index (χ4n) is 5.45. The molecule has 0 radical (unpaired) electrons. The highest BCUT2D eigenvalue weighted by Gasteiger charge is 2.57. The van der Waals surface area contributed by atoms with E-state index in [0.717, 1.165) is 34.2 Å². The molecule has 5 heteroatoms. The van der Waals surface area contributed by atoms with E-state index in [0.29, 0.717) is 0 Å². The van der Waals surface area contributed by atoms with Crippen LogP contribution < -0.4 is 10.1 Å². The predicted octanol–water partition coefficient (Wildman–Crippen LogP) is 5.80. The summed E-state index contributed by atoms with van der Waals surface area (Å²) in [6.07, 6.45) is 1.76.